The van der Waals surface area contributed by atoms with E-state index in [-0.39, 0.29) is 0 Å². The maximum absolute atomic E-state index is 3.99. The summed E-state index contributed by atoms with van der Waals surface area (Å²) in [7, 11) is 2.15. The van der Waals surface area contributed by atoms with Crippen LogP contribution in [0.5, 0.6) is 0 Å². The van der Waals surface area contributed by atoms with Crippen molar-refractivity contribution in [1.29, 1.82) is 0 Å². The number of hydrogen-bond donors (Lipinski definition) is 0. The van der Waals surface area contributed by atoms with Crippen molar-refractivity contribution in [2.75, 3.05) is 20.1 Å². The van der Waals surface area contributed by atoms with E-state index in [0.717, 1.165) is 19.6 Å². The molecule has 1 heterocycles. The molecule has 0 N–H and O–H groups in total. The Morgan fingerprint density at radius 1 is 1.00 bits per heavy atom. The van der Waals surface area contributed by atoms with Gasteiger partial charge >= 0.3 is 0 Å². The minimum absolute atomic E-state index is 1.07. The van der Waals surface area contributed by atoms with E-state index in [0.29, 0.717) is 0 Å². The average molecular weight is 295 g/mol. The summed E-state index contributed by atoms with van der Waals surface area (Å²) in [5.74, 6) is 0. The van der Waals surface area contributed by atoms with E-state index in [1.165, 1.54) is 17.2 Å². The Balaban J connectivity index is 0.000000162. The monoisotopic (exact) mass is 295 g/mol. The van der Waals surface area contributed by atoms with E-state index in [9.17, 15) is 0 Å². The number of aromatic nitrogens is 2. The smallest absolute Gasteiger partial charge is 0.0945 e. The zero-order valence-corrected chi connectivity index (χ0v) is 13.5. The van der Waals surface area contributed by atoms with Gasteiger partial charge in [-0.15, -0.1) is 0 Å². The minimum Gasteiger partial charge on any atom is -0.337 e. The zero-order valence-electron chi connectivity index (χ0n) is 13.5. The molecule has 0 saturated carbocycles. The van der Waals surface area contributed by atoms with Crippen molar-refractivity contribution in [1.82, 2.24) is 14.5 Å². The minimum atomic E-state index is 1.07. The Labute approximate surface area is 133 Å². The second kappa shape index (κ2) is 9.00. The third kappa shape index (κ3) is 5.34. The molecule has 0 bridgehead atoms. The molecular formula is C19H25N3. The van der Waals surface area contributed by atoms with Crippen LogP contribution in [0.1, 0.15) is 13.3 Å². The fourth-order valence-electron chi connectivity index (χ4n) is 2.23. The van der Waals surface area contributed by atoms with Crippen LogP contribution in [0.2, 0.25) is 0 Å². The summed E-state index contributed by atoms with van der Waals surface area (Å²) in [6, 6.07) is 16.7. The van der Waals surface area contributed by atoms with Gasteiger partial charge in [0.25, 0.3) is 0 Å². The largest absolute Gasteiger partial charge is 0.337 e. The Hall–Kier alpha value is -2.13. The van der Waals surface area contributed by atoms with Gasteiger partial charge in [-0.1, -0.05) is 55.5 Å². The van der Waals surface area contributed by atoms with E-state index in [2.05, 4.69) is 77.0 Å². The Morgan fingerprint density at radius 2 is 1.59 bits per heavy atom. The summed E-state index contributed by atoms with van der Waals surface area (Å²) in [5, 5.41) is 2.62. The van der Waals surface area contributed by atoms with Gasteiger partial charge in [-0.2, -0.15) is 0 Å². The van der Waals surface area contributed by atoms with Crippen LogP contribution < -0.4 is 0 Å². The molecule has 0 spiro atoms. The van der Waals surface area contributed by atoms with Gasteiger partial charge in [-0.05, 0) is 37.3 Å². The van der Waals surface area contributed by atoms with Gasteiger partial charge in [-0.3, -0.25) is 0 Å². The van der Waals surface area contributed by atoms with Crippen LogP contribution in [0.3, 0.4) is 0 Å². The molecular weight excluding hydrogens is 270 g/mol. The van der Waals surface area contributed by atoms with E-state index in [1.54, 1.807) is 0 Å². The molecule has 3 rings (SSSR count). The van der Waals surface area contributed by atoms with E-state index in [4.69, 9.17) is 0 Å². The number of fused-ring (bicyclic) bond motifs is 1. The summed E-state index contributed by atoms with van der Waals surface area (Å²) in [6.07, 6.45) is 6.89. The van der Waals surface area contributed by atoms with Gasteiger partial charge < -0.3 is 9.47 Å². The molecule has 0 atom stereocenters. The van der Waals surface area contributed by atoms with Crippen LogP contribution in [-0.2, 0) is 6.54 Å². The van der Waals surface area contributed by atoms with Crippen molar-refractivity contribution in [2.45, 2.75) is 19.9 Å². The quantitative estimate of drug-likeness (QED) is 0.707. The van der Waals surface area contributed by atoms with E-state index >= 15 is 0 Å². The van der Waals surface area contributed by atoms with Gasteiger partial charge in [0.1, 0.15) is 0 Å². The molecule has 0 saturated heterocycles. The van der Waals surface area contributed by atoms with Crippen molar-refractivity contribution >= 4 is 10.8 Å². The fraction of sp³-hybridized carbons (Fsp3) is 0.316. The van der Waals surface area contributed by atoms with Crippen LogP contribution in [-0.4, -0.2) is 34.6 Å². The average Bonchev–Trinajstić information content (AvgIpc) is 3.09. The first-order valence-corrected chi connectivity index (χ1v) is 7.87. The zero-order chi connectivity index (χ0) is 15.6. The summed E-state index contributed by atoms with van der Waals surface area (Å²) >= 11 is 0. The van der Waals surface area contributed by atoms with Crippen molar-refractivity contribution in [3.8, 4) is 0 Å². The highest BCUT2D eigenvalue weighted by Crippen LogP contribution is 2.11. The van der Waals surface area contributed by atoms with Crippen LogP contribution in [0, 0.1) is 0 Å². The normalized spacial score (nSPS) is 10.5. The molecule has 1 aromatic heterocycles. The molecule has 3 heteroatoms. The van der Waals surface area contributed by atoms with Crippen LogP contribution >= 0.6 is 0 Å². The highest BCUT2D eigenvalue weighted by atomic mass is 15.1. The lowest BCUT2D eigenvalue weighted by molar-refractivity contribution is 0.338. The molecule has 0 fully saturated rings. The second-order valence-corrected chi connectivity index (χ2v) is 5.40. The Kier molecular flexibility index (Phi) is 6.65. The number of hydrogen-bond acceptors (Lipinski definition) is 2. The summed E-state index contributed by atoms with van der Waals surface area (Å²) < 4.78 is 2.11. The molecule has 0 radical (unpaired) electrons. The number of rotatable bonds is 5. The molecule has 116 valence electrons. The van der Waals surface area contributed by atoms with Gasteiger partial charge in [0.15, 0.2) is 0 Å². The fourth-order valence-corrected chi connectivity index (χ4v) is 2.23. The summed E-state index contributed by atoms with van der Waals surface area (Å²) in [5.41, 5.74) is 0. The SMILES string of the molecule is CCN(C)CCCn1ccnc1.c1ccc2ccccc2c1. The molecule has 3 nitrogen and oxygen atoms in total. The molecule has 0 aliphatic heterocycles. The predicted octanol–water partition coefficient (Wildman–Crippen LogP) is 4.06. The van der Waals surface area contributed by atoms with E-state index in [1.807, 2.05) is 18.7 Å². The molecule has 22 heavy (non-hydrogen) atoms. The summed E-state index contributed by atoms with van der Waals surface area (Å²) in [4.78, 5) is 6.31. The number of imidazole rings is 1. The topological polar surface area (TPSA) is 21.1 Å². The van der Waals surface area contributed by atoms with E-state index < -0.39 is 0 Å². The second-order valence-electron chi connectivity index (χ2n) is 5.40. The van der Waals surface area contributed by atoms with Gasteiger partial charge in [0.2, 0.25) is 0 Å². The lowest BCUT2D eigenvalue weighted by Gasteiger charge is -2.13. The van der Waals surface area contributed by atoms with Crippen LogP contribution in [0.4, 0.5) is 0 Å². The number of benzene rings is 2. The van der Waals surface area contributed by atoms with Crippen molar-refractivity contribution in [3.05, 3.63) is 67.3 Å². The number of aryl methyl sites for hydroxylation is 1. The van der Waals surface area contributed by atoms with Crippen molar-refractivity contribution in [2.24, 2.45) is 0 Å². The van der Waals surface area contributed by atoms with Crippen LogP contribution in [0.25, 0.3) is 10.8 Å². The van der Waals surface area contributed by atoms with Gasteiger partial charge in [-0.25, -0.2) is 4.98 Å². The highest BCUT2D eigenvalue weighted by molar-refractivity contribution is 5.81. The van der Waals surface area contributed by atoms with Crippen molar-refractivity contribution in [3.63, 3.8) is 0 Å². The third-order valence-electron chi connectivity index (χ3n) is 3.71. The maximum atomic E-state index is 3.99. The predicted molar refractivity (Wildman–Crippen MR) is 94.0 cm³/mol. The Morgan fingerprint density at radius 3 is 2.05 bits per heavy atom. The first-order chi connectivity index (χ1) is 10.8. The first-order valence-electron chi connectivity index (χ1n) is 7.87. The Bertz CT molecular complexity index is 581. The maximum Gasteiger partial charge on any atom is 0.0945 e. The summed E-state index contributed by atoms with van der Waals surface area (Å²) in [6.45, 7) is 5.54. The van der Waals surface area contributed by atoms with Crippen LogP contribution in [0.15, 0.2) is 67.3 Å². The van der Waals surface area contributed by atoms with Gasteiger partial charge in [0.05, 0.1) is 6.33 Å². The number of nitrogens with zero attached hydrogens (tertiary/aromatic N) is 3. The molecule has 0 aliphatic rings. The lowest BCUT2D eigenvalue weighted by atomic mass is 10.1. The molecule has 3 aromatic rings. The standard InChI is InChI=1S/C10H8.C9H17N3/c1-2-6-10-8-4-3-7-9(10)5-1;1-3-11(2)6-4-7-12-8-5-10-9-12/h1-8H;5,8-9H,3-4,6-7H2,1-2H3. The van der Waals surface area contributed by atoms with Gasteiger partial charge in [0, 0.05) is 18.9 Å². The molecule has 2 aromatic carbocycles. The molecule has 0 unspecified atom stereocenters. The van der Waals surface area contributed by atoms with Crippen molar-refractivity contribution < 1.29 is 0 Å². The first kappa shape index (κ1) is 16.2. The molecule has 0 amide bonds. The lowest BCUT2D eigenvalue weighted by Crippen LogP contribution is -2.19. The third-order valence-corrected chi connectivity index (χ3v) is 3.71. The molecule has 0 aliphatic carbocycles. The highest BCUT2D eigenvalue weighted by Gasteiger charge is 1.94.